The van der Waals surface area contributed by atoms with Gasteiger partial charge in [-0.2, -0.15) is 0 Å². The second kappa shape index (κ2) is 10.7. The van der Waals surface area contributed by atoms with Gasteiger partial charge in [-0.1, -0.05) is 19.4 Å². The lowest BCUT2D eigenvalue weighted by Gasteiger charge is -2.12. The highest BCUT2D eigenvalue weighted by atomic mass is 16.6. The molecule has 0 heterocycles. The summed E-state index contributed by atoms with van der Waals surface area (Å²) in [4.78, 5) is 22.1. The number of rotatable bonds is 10. The number of nitrogens with zero attached hydrogens (tertiary/aromatic N) is 1. The summed E-state index contributed by atoms with van der Waals surface area (Å²) in [6.45, 7) is 5.10. The van der Waals surface area contributed by atoms with E-state index in [1.165, 1.54) is 30.3 Å². The first-order valence-electron chi connectivity index (χ1n) is 9.07. The van der Waals surface area contributed by atoms with E-state index in [0.29, 0.717) is 24.7 Å². The zero-order chi connectivity index (χ0) is 20.4. The van der Waals surface area contributed by atoms with E-state index in [-0.39, 0.29) is 11.4 Å². The molecule has 0 radical (unpaired) electrons. The van der Waals surface area contributed by atoms with E-state index in [0.717, 1.165) is 18.4 Å². The molecule has 0 atom stereocenters. The van der Waals surface area contributed by atoms with Crippen molar-refractivity contribution in [2.24, 2.45) is 0 Å². The molecule has 0 bridgehead atoms. The van der Waals surface area contributed by atoms with E-state index >= 15 is 0 Å². The van der Waals surface area contributed by atoms with Crippen molar-refractivity contribution in [3.8, 4) is 17.2 Å². The molecule has 0 N–H and O–H groups in total. The molecular formula is C21H23NO6. The Kier molecular flexibility index (Phi) is 8.02. The van der Waals surface area contributed by atoms with E-state index in [4.69, 9.17) is 14.2 Å². The molecule has 0 saturated heterocycles. The quantitative estimate of drug-likeness (QED) is 0.146. The highest BCUT2D eigenvalue weighted by Gasteiger charge is 2.08. The molecule has 0 aliphatic rings. The summed E-state index contributed by atoms with van der Waals surface area (Å²) in [6, 6.07) is 10.7. The lowest BCUT2D eigenvalue weighted by Crippen LogP contribution is -2.03. The fourth-order valence-corrected chi connectivity index (χ4v) is 2.29. The Bertz CT molecular complexity index is 829. The Labute approximate surface area is 163 Å². The van der Waals surface area contributed by atoms with Gasteiger partial charge in [0.2, 0.25) is 0 Å². The van der Waals surface area contributed by atoms with Gasteiger partial charge in [0.1, 0.15) is 5.75 Å². The van der Waals surface area contributed by atoms with Crippen LogP contribution in [0.15, 0.2) is 48.5 Å². The van der Waals surface area contributed by atoms with Crippen molar-refractivity contribution in [3.63, 3.8) is 0 Å². The first-order valence-corrected chi connectivity index (χ1v) is 9.07. The van der Waals surface area contributed by atoms with Crippen LogP contribution in [0.1, 0.15) is 32.3 Å². The topological polar surface area (TPSA) is 87.9 Å². The third kappa shape index (κ3) is 6.42. The van der Waals surface area contributed by atoms with Gasteiger partial charge >= 0.3 is 5.97 Å². The van der Waals surface area contributed by atoms with E-state index in [9.17, 15) is 14.9 Å². The Balaban J connectivity index is 2.02. The van der Waals surface area contributed by atoms with Gasteiger partial charge in [-0.25, -0.2) is 4.79 Å². The molecule has 2 aromatic carbocycles. The van der Waals surface area contributed by atoms with E-state index in [2.05, 4.69) is 6.92 Å². The standard InChI is InChI=1S/C21H23NO6/c1-3-5-14-27-19-12-6-16(15-20(19)26-4-2)7-13-21(23)28-18-10-8-17(9-11-18)22(24)25/h6-13,15H,3-5,14H2,1-2H3/b13-7+. The molecule has 0 aliphatic carbocycles. The van der Waals surface area contributed by atoms with Gasteiger partial charge in [0.15, 0.2) is 11.5 Å². The number of esters is 1. The normalized spacial score (nSPS) is 10.6. The summed E-state index contributed by atoms with van der Waals surface area (Å²) in [7, 11) is 0. The maximum atomic E-state index is 12.0. The van der Waals surface area contributed by atoms with Gasteiger partial charge < -0.3 is 14.2 Å². The highest BCUT2D eigenvalue weighted by Crippen LogP contribution is 2.29. The number of hydrogen-bond donors (Lipinski definition) is 0. The maximum absolute atomic E-state index is 12.0. The molecule has 0 fully saturated rings. The van der Waals surface area contributed by atoms with Gasteiger partial charge in [0.25, 0.3) is 5.69 Å². The number of nitro groups is 1. The zero-order valence-electron chi connectivity index (χ0n) is 15.9. The van der Waals surface area contributed by atoms with Gasteiger partial charge in [0.05, 0.1) is 18.1 Å². The molecule has 2 rings (SSSR count). The Hall–Kier alpha value is -3.35. The highest BCUT2D eigenvalue weighted by molar-refractivity contribution is 5.88. The van der Waals surface area contributed by atoms with Crippen LogP contribution >= 0.6 is 0 Å². The molecule has 0 aromatic heterocycles. The van der Waals surface area contributed by atoms with Crippen LogP contribution in [0.5, 0.6) is 17.2 Å². The number of benzene rings is 2. The SMILES string of the molecule is CCCCOc1ccc(/C=C/C(=O)Oc2ccc([N+](=O)[O-])cc2)cc1OCC. The maximum Gasteiger partial charge on any atom is 0.336 e. The summed E-state index contributed by atoms with van der Waals surface area (Å²) in [5.41, 5.74) is 0.687. The molecule has 2 aromatic rings. The molecule has 7 nitrogen and oxygen atoms in total. The van der Waals surface area contributed by atoms with Crippen molar-refractivity contribution in [2.45, 2.75) is 26.7 Å². The van der Waals surface area contributed by atoms with E-state index in [1.54, 1.807) is 12.1 Å². The van der Waals surface area contributed by atoms with Crippen LogP contribution in [-0.2, 0) is 4.79 Å². The second-order valence-corrected chi connectivity index (χ2v) is 5.85. The molecule has 0 saturated carbocycles. The number of hydrogen-bond acceptors (Lipinski definition) is 6. The fraction of sp³-hybridized carbons (Fsp3) is 0.286. The van der Waals surface area contributed by atoms with Gasteiger partial charge in [-0.05, 0) is 49.2 Å². The number of carbonyl (C=O) groups is 1. The van der Waals surface area contributed by atoms with Crippen molar-refractivity contribution >= 4 is 17.7 Å². The summed E-state index contributed by atoms with van der Waals surface area (Å²) in [6.07, 6.45) is 4.89. The minimum atomic E-state index is -0.588. The van der Waals surface area contributed by atoms with Crippen molar-refractivity contribution < 1.29 is 23.9 Å². The third-order valence-electron chi connectivity index (χ3n) is 3.70. The number of nitro benzene ring substituents is 1. The fourth-order valence-electron chi connectivity index (χ4n) is 2.29. The monoisotopic (exact) mass is 385 g/mol. The molecule has 0 amide bonds. The van der Waals surface area contributed by atoms with Crippen LogP contribution in [-0.4, -0.2) is 24.1 Å². The summed E-state index contributed by atoms with van der Waals surface area (Å²) < 4.78 is 16.5. The minimum Gasteiger partial charge on any atom is -0.490 e. The molecule has 0 aliphatic heterocycles. The lowest BCUT2D eigenvalue weighted by atomic mass is 10.2. The molecule has 148 valence electrons. The minimum absolute atomic E-state index is 0.0694. The smallest absolute Gasteiger partial charge is 0.336 e. The van der Waals surface area contributed by atoms with Gasteiger partial charge in [-0.15, -0.1) is 0 Å². The van der Waals surface area contributed by atoms with Gasteiger partial charge in [0, 0.05) is 18.2 Å². The lowest BCUT2D eigenvalue weighted by molar-refractivity contribution is -0.384. The summed E-state index contributed by atoms with van der Waals surface area (Å²) in [5, 5.41) is 10.6. The first-order chi connectivity index (χ1) is 13.5. The summed E-state index contributed by atoms with van der Waals surface area (Å²) >= 11 is 0. The third-order valence-corrected chi connectivity index (χ3v) is 3.70. The Morgan fingerprint density at radius 2 is 1.82 bits per heavy atom. The largest absolute Gasteiger partial charge is 0.490 e. The molecule has 0 unspecified atom stereocenters. The molecule has 0 spiro atoms. The van der Waals surface area contributed by atoms with Gasteiger partial charge in [-0.3, -0.25) is 10.1 Å². The van der Waals surface area contributed by atoms with Crippen LogP contribution in [0.2, 0.25) is 0 Å². The summed E-state index contributed by atoms with van der Waals surface area (Å²) in [5.74, 6) is 0.926. The van der Waals surface area contributed by atoms with Crippen LogP contribution in [0.25, 0.3) is 6.08 Å². The average molecular weight is 385 g/mol. The molecular weight excluding hydrogens is 362 g/mol. The van der Waals surface area contributed by atoms with Crippen molar-refractivity contribution in [1.29, 1.82) is 0 Å². The van der Waals surface area contributed by atoms with Crippen LogP contribution in [0.4, 0.5) is 5.69 Å². The number of carbonyl (C=O) groups excluding carboxylic acids is 1. The van der Waals surface area contributed by atoms with Crippen LogP contribution in [0, 0.1) is 10.1 Å². The van der Waals surface area contributed by atoms with Crippen molar-refractivity contribution in [2.75, 3.05) is 13.2 Å². The predicted octanol–water partition coefficient (Wildman–Crippen LogP) is 4.79. The number of ether oxygens (including phenoxy) is 3. The Morgan fingerprint density at radius 3 is 2.46 bits per heavy atom. The number of unbranched alkanes of at least 4 members (excludes halogenated alkanes) is 1. The average Bonchev–Trinajstić information content (AvgIpc) is 2.68. The zero-order valence-corrected chi connectivity index (χ0v) is 15.9. The second-order valence-electron chi connectivity index (χ2n) is 5.85. The van der Waals surface area contributed by atoms with E-state index < -0.39 is 10.9 Å². The van der Waals surface area contributed by atoms with Crippen LogP contribution in [0.3, 0.4) is 0 Å². The predicted molar refractivity (Wildman–Crippen MR) is 106 cm³/mol. The molecule has 28 heavy (non-hydrogen) atoms. The molecule has 7 heteroatoms. The first kappa shape index (κ1) is 21.0. The Morgan fingerprint density at radius 1 is 1.07 bits per heavy atom. The van der Waals surface area contributed by atoms with Crippen molar-refractivity contribution in [1.82, 2.24) is 0 Å². The van der Waals surface area contributed by atoms with Crippen molar-refractivity contribution in [3.05, 3.63) is 64.2 Å². The van der Waals surface area contributed by atoms with E-state index in [1.807, 2.05) is 19.1 Å². The van der Waals surface area contributed by atoms with Crippen LogP contribution < -0.4 is 14.2 Å². The number of non-ortho nitro benzene ring substituents is 1.